The number of rotatable bonds is 3. The lowest BCUT2D eigenvalue weighted by Crippen LogP contribution is -2.23. The van der Waals surface area contributed by atoms with Crippen molar-refractivity contribution >= 4 is 0 Å². The zero-order valence-corrected chi connectivity index (χ0v) is 9.34. The molecule has 0 bridgehead atoms. The van der Waals surface area contributed by atoms with Gasteiger partial charge in [-0.25, -0.2) is 0 Å². The van der Waals surface area contributed by atoms with Gasteiger partial charge in [0, 0.05) is 6.61 Å². The minimum absolute atomic E-state index is 0.488. The Balaban J connectivity index is 1.95. The van der Waals surface area contributed by atoms with Gasteiger partial charge in [-0.2, -0.15) is 0 Å². The van der Waals surface area contributed by atoms with Crippen molar-refractivity contribution in [1.29, 1.82) is 0 Å². The normalized spacial score (nSPS) is 42.9. The highest BCUT2D eigenvalue weighted by atomic mass is 16.5. The zero-order chi connectivity index (χ0) is 9.64. The van der Waals surface area contributed by atoms with Gasteiger partial charge in [-0.1, -0.05) is 13.8 Å². The van der Waals surface area contributed by atoms with Gasteiger partial charge in [-0.15, -0.1) is 0 Å². The molecule has 0 aliphatic heterocycles. The number of hydrogen-bond acceptors (Lipinski definition) is 1. The number of hydrogen-bond donors (Lipinski definition) is 0. The summed E-state index contributed by atoms with van der Waals surface area (Å²) >= 11 is 0. The van der Waals surface area contributed by atoms with E-state index in [0.717, 1.165) is 24.4 Å². The van der Waals surface area contributed by atoms with E-state index >= 15 is 0 Å². The van der Waals surface area contributed by atoms with Crippen LogP contribution in [0.4, 0.5) is 0 Å². The minimum atomic E-state index is 0.488. The number of fused-ring (bicyclic) bond motifs is 1. The molecule has 0 saturated heterocycles. The Morgan fingerprint density at radius 1 is 1.38 bits per heavy atom. The van der Waals surface area contributed by atoms with Crippen LogP contribution < -0.4 is 0 Å². The van der Waals surface area contributed by atoms with E-state index in [9.17, 15) is 0 Å². The molecule has 0 N–H and O–H groups in total. The van der Waals surface area contributed by atoms with Gasteiger partial charge < -0.3 is 4.74 Å². The van der Waals surface area contributed by atoms with Crippen LogP contribution >= 0.6 is 0 Å². The fourth-order valence-corrected chi connectivity index (χ4v) is 3.65. The molecule has 13 heavy (non-hydrogen) atoms. The summed E-state index contributed by atoms with van der Waals surface area (Å²) in [6.45, 7) is 10.1. The van der Waals surface area contributed by atoms with E-state index in [2.05, 4.69) is 27.7 Å². The summed E-state index contributed by atoms with van der Waals surface area (Å²) in [4.78, 5) is 0. The Morgan fingerprint density at radius 2 is 2.08 bits per heavy atom. The molecule has 2 saturated carbocycles. The molecule has 76 valence electrons. The standard InChI is InChI=1S/C12H22O/c1-5-13-8(2)9-6-7-10-11(9)12(10,3)4/h8-11H,5-7H2,1-4H3. The Hall–Kier alpha value is -0.0400. The molecule has 2 rings (SSSR count). The SMILES string of the molecule is CCOC(C)C1CCC2C1C2(C)C. The Labute approximate surface area is 81.9 Å². The van der Waals surface area contributed by atoms with Crippen LogP contribution in [0.15, 0.2) is 0 Å². The van der Waals surface area contributed by atoms with Crippen molar-refractivity contribution in [2.24, 2.45) is 23.2 Å². The van der Waals surface area contributed by atoms with Crippen LogP contribution in [-0.2, 0) is 4.74 Å². The second-order valence-electron chi connectivity index (χ2n) is 5.36. The fraction of sp³-hybridized carbons (Fsp3) is 1.00. The van der Waals surface area contributed by atoms with E-state index in [0.29, 0.717) is 11.5 Å². The van der Waals surface area contributed by atoms with Crippen molar-refractivity contribution in [3.05, 3.63) is 0 Å². The highest BCUT2D eigenvalue weighted by Crippen LogP contribution is 2.69. The quantitative estimate of drug-likeness (QED) is 0.651. The molecule has 0 aromatic rings. The molecule has 0 radical (unpaired) electrons. The molecule has 0 amide bonds. The van der Waals surface area contributed by atoms with E-state index in [1.165, 1.54) is 12.8 Å². The van der Waals surface area contributed by atoms with Crippen molar-refractivity contribution < 1.29 is 4.74 Å². The highest BCUT2D eigenvalue weighted by molar-refractivity contribution is 5.12. The lowest BCUT2D eigenvalue weighted by atomic mass is 9.89. The third-order valence-corrected chi connectivity index (χ3v) is 4.44. The van der Waals surface area contributed by atoms with E-state index in [4.69, 9.17) is 4.74 Å². The van der Waals surface area contributed by atoms with E-state index in [1.807, 2.05) is 0 Å². The largest absolute Gasteiger partial charge is 0.378 e. The highest BCUT2D eigenvalue weighted by Gasteiger charge is 2.64. The van der Waals surface area contributed by atoms with Crippen LogP contribution in [0.25, 0.3) is 0 Å². The Bertz CT molecular complexity index is 197. The van der Waals surface area contributed by atoms with Crippen LogP contribution in [0.1, 0.15) is 40.5 Å². The molecule has 1 nitrogen and oxygen atoms in total. The third kappa shape index (κ3) is 1.32. The maximum atomic E-state index is 5.72. The molecular weight excluding hydrogens is 160 g/mol. The van der Waals surface area contributed by atoms with Crippen molar-refractivity contribution in [1.82, 2.24) is 0 Å². The molecule has 0 spiro atoms. The summed E-state index contributed by atoms with van der Waals surface area (Å²) in [5, 5.41) is 0. The molecule has 2 aliphatic rings. The Kier molecular flexibility index (Phi) is 2.18. The smallest absolute Gasteiger partial charge is 0.0577 e. The van der Waals surface area contributed by atoms with Crippen LogP contribution in [0.2, 0.25) is 0 Å². The van der Waals surface area contributed by atoms with Gasteiger partial charge in [0.25, 0.3) is 0 Å². The molecule has 0 aromatic heterocycles. The molecule has 0 aromatic carbocycles. The summed E-state index contributed by atoms with van der Waals surface area (Å²) in [6, 6.07) is 0. The number of ether oxygens (including phenoxy) is 1. The zero-order valence-electron chi connectivity index (χ0n) is 9.34. The van der Waals surface area contributed by atoms with Crippen LogP contribution in [0, 0.1) is 23.2 Å². The molecular formula is C12H22O. The topological polar surface area (TPSA) is 9.23 Å². The summed E-state index contributed by atoms with van der Waals surface area (Å²) in [7, 11) is 0. The van der Waals surface area contributed by atoms with Crippen molar-refractivity contribution in [2.45, 2.75) is 46.6 Å². The van der Waals surface area contributed by atoms with Crippen LogP contribution in [-0.4, -0.2) is 12.7 Å². The van der Waals surface area contributed by atoms with Gasteiger partial charge >= 0.3 is 0 Å². The molecule has 4 atom stereocenters. The monoisotopic (exact) mass is 182 g/mol. The molecule has 2 fully saturated rings. The van der Waals surface area contributed by atoms with E-state index in [1.54, 1.807) is 0 Å². The van der Waals surface area contributed by atoms with Gasteiger partial charge in [0.15, 0.2) is 0 Å². The average Bonchev–Trinajstić information content (AvgIpc) is 2.51. The third-order valence-electron chi connectivity index (χ3n) is 4.44. The van der Waals surface area contributed by atoms with Crippen LogP contribution in [0.5, 0.6) is 0 Å². The minimum Gasteiger partial charge on any atom is -0.378 e. The first kappa shape index (κ1) is 9.51. The van der Waals surface area contributed by atoms with Gasteiger partial charge in [0.2, 0.25) is 0 Å². The predicted molar refractivity (Wildman–Crippen MR) is 54.6 cm³/mol. The molecule has 0 heterocycles. The molecule has 4 unspecified atom stereocenters. The first-order chi connectivity index (χ1) is 6.09. The summed E-state index contributed by atoms with van der Waals surface area (Å²) in [6.07, 6.45) is 3.33. The van der Waals surface area contributed by atoms with Gasteiger partial charge in [0.1, 0.15) is 0 Å². The van der Waals surface area contributed by atoms with E-state index < -0.39 is 0 Å². The van der Waals surface area contributed by atoms with Crippen molar-refractivity contribution in [3.8, 4) is 0 Å². The summed E-state index contributed by atoms with van der Waals surface area (Å²) in [5.74, 6) is 2.83. The molecule has 2 aliphatic carbocycles. The van der Waals surface area contributed by atoms with Gasteiger partial charge in [-0.05, 0) is 49.9 Å². The maximum Gasteiger partial charge on any atom is 0.0577 e. The Morgan fingerprint density at radius 3 is 2.54 bits per heavy atom. The summed E-state index contributed by atoms with van der Waals surface area (Å²) in [5.41, 5.74) is 0.633. The average molecular weight is 182 g/mol. The van der Waals surface area contributed by atoms with E-state index in [-0.39, 0.29) is 0 Å². The predicted octanol–water partition coefficient (Wildman–Crippen LogP) is 3.09. The maximum absolute atomic E-state index is 5.72. The van der Waals surface area contributed by atoms with Gasteiger partial charge in [0.05, 0.1) is 6.10 Å². The molecule has 1 heteroatoms. The second-order valence-corrected chi connectivity index (χ2v) is 5.36. The fourth-order valence-electron chi connectivity index (χ4n) is 3.65. The first-order valence-corrected chi connectivity index (χ1v) is 5.70. The second kappa shape index (κ2) is 2.98. The summed E-state index contributed by atoms with van der Waals surface area (Å²) < 4.78 is 5.72. The van der Waals surface area contributed by atoms with Crippen molar-refractivity contribution in [2.75, 3.05) is 6.61 Å². The lowest BCUT2D eigenvalue weighted by molar-refractivity contribution is 0.0225. The van der Waals surface area contributed by atoms with Crippen LogP contribution in [0.3, 0.4) is 0 Å². The lowest BCUT2D eigenvalue weighted by Gasteiger charge is -2.23. The van der Waals surface area contributed by atoms with Crippen molar-refractivity contribution in [3.63, 3.8) is 0 Å². The first-order valence-electron chi connectivity index (χ1n) is 5.70. The van der Waals surface area contributed by atoms with Gasteiger partial charge in [-0.3, -0.25) is 0 Å².